The zero-order valence-corrected chi connectivity index (χ0v) is 12.9. The lowest BCUT2D eigenvalue weighted by Crippen LogP contribution is -2.39. The number of hydrogen-bond acceptors (Lipinski definition) is 2. The van der Waals surface area contributed by atoms with Gasteiger partial charge in [0.2, 0.25) is 5.91 Å². The summed E-state index contributed by atoms with van der Waals surface area (Å²) in [5, 5.41) is 0. The van der Waals surface area contributed by atoms with E-state index >= 15 is 0 Å². The van der Waals surface area contributed by atoms with E-state index in [0.717, 1.165) is 57.5 Å². The van der Waals surface area contributed by atoms with Crippen LogP contribution in [0.15, 0.2) is 36.4 Å². The summed E-state index contributed by atoms with van der Waals surface area (Å²) in [6.45, 7) is 3.33. The molecule has 1 heterocycles. The molecule has 22 heavy (non-hydrogen) atoms. The van der Waals surface area contributed by atoms with Gasteiger partial charge in [0.05, 0.1) is 0 Å². The van der Waals surface area contributed by atoms with Crippen LogP contribution in [0.1, 0.15) is 25.7 Å². The number of halogens is 1. The smallest absolute Gasteiger partial charge is 0.226 e. The van der Waals surface area contributed by atoms with Crippen molar-refractivity contribution in [2.45, 2.75) is 25.7 Å². The summed E-state index contributed by atoms with van der Waals surface area (Å²) in [5.41, 5.74) is 1.04. The molecule has 2 aliphatic rings. The summed E-state index contributed by atoms with van der Waals surface area (Å²) in [6, 6.07) is 6.63. The molecule has 0 spiro atoms. The van der Waals surface area contributed by atoms with Crippen LogP contribution in [0.5, 0.6) is 0 Å². The van der Waals surface area contributed by atoms with Gasteiger partial charge in [0, 0.05) is 37.8 Å². The van der Waals surface area contributed by atoms with Crippen molar-refractivity contribution in [1.29, 1.82) is 0 Å². The van der Waals surface area contributed by atoms with Gasteiger partial charge in [-0.1, -0.05) is 12.2 Å². The maximum Gasteiger partial charge on any atom is 0.226 e. The van der Waals surface area contributed by atoms with E-state index in [2.05, 4.69) is 17.1 Å². The summed E-state index contributed by atoms with van der Waals surface area (Å²) < 4.78 is 13.0. The highest BCUT2D eigenvalue weighted by atomic mass is 19.1. The predicted molar refractivity (Wildman–Crippen MR) is 86.3 cm³/mol. The van der Waals surface area contributed by atoms with E-state index < -0.39 is 0 Å². The van der Waals surface area contributed by atoms with E-state index in [0.29, 0.717) is 5.91 Å². The molecule has 0 N–H and O–H groups in total. The lowest BCUT2D eigenvalue weighted by molar-refractivity contribution is -0.135. The molecular formula is C18H23FN2O. The SMILES string of the molecule is O=C([C@@H]1CC=CCC1)N1CCCN(c2ccc(F)cc2)CC1. The number of amides is 1. The van der Waals surface area contributed by atoms with Gasteiger partial charge in [0.1, 0.15) is 5.82 Å². The van der Waals surface area contributed by atoms with Gasteiger partial charge in [-0.25, -0.2) is 4.39 Å². The van der Waals surface area contributed by atoms with Gasteiger partial charge in [0.25, 0.3) is 0 Å². The zero-order chi connectivity index (χ0) is 15.4. The number of allylic oxidation sites excluding steroid dienone is 2. The van der Waals surface area contributed by atoms with Gasteiger partial charge in [-0.2, -0.15) is 0 Å². The Kier molecular flexibility index (Phi) is 4.76. The first-order valence-corrected chi connectivity index (χ1v) is 8.18. The Morgan fingerprint density at radius 2 is 1.86 bits per heavy atom. The summed E-state index contributed by atoms with van der Waals surface area (Å²) >= 11 is 0. The number of anilines is 1. The Morgan fingerprint density at radius 3 is 2.59 bits per heavy atom. The molecule has 1 aliphatic carbocycles. The molecule has 0 bridgehead atoms. The topological polar surface area (TPSA) is 23.6 Å². The van der Waals surface area contributed by atoms with Crippen LogP contribution in [-0.4, -0.2) is 37.0 Å². The standard InChI is InChI=1S/C18H23FN2O/c19-16-7-9-17(10-8-16)20-11-4-12-21(14-13-20)18(22)15-5-2-1-3-6-15/h1-2,7-10,15H,3-6,11-14H2/t15-/m1/s1. The molecule has 1 aliphatic heterocycles. The van der Waals surface area contributed by atoms with Crippen LogP contribution < -0.4 is 4.90 Å². The third kappa shape index (κ3) is 3.49. The Balaban J connectivity index is 1.60. The minimum absolute atomic E-state index is 0.169. The molecule has 1 amide bonds. The molecule has 3 rings (SSSR count). The van der Waals surface area contributed by atoms with Crippen LogP contribution in [0.2, 0.25) is 0 Å². The van der Waals surface area contributed by atoms with Gasteiger partial charge < -0.3 is 9.80 Å². The minimum Gasteiger partial charge on any atom is -0.370 e. The Morgan fingerprint density at radius 1 is 1.05 bits per heavy atom. The highest BCUT2D eigenvalue weighted by Gasteiger charge is 2.26. The molecule has 0 aromatic heterocycles. The van der Waals surface area contributed by atoms with Crippen molar-refractivity contribution in [3.05, 3.63) is 42.2 Å². The average Bonchev–Trinajstić information content (AvgIpc) is 2.82. The second-order valence-corrected chi connectivity index (χ2v) is 6.12. The lowest BCUT2D eigenvalue weighted by Gasteiger charge is -2.27. The van der Waals surface area contributed by atoms with E-state index in [1.807, 2.05) is 17.0 Å². The molecule has 0 unspecified atom stereocenters. The number of carbonyl (C=O) groups is 1. The van der Waals surface area contributed by atoms with Crippen molar-refractivity contribution in [2.75, 3.05) is 31.1 Å². The van der Waals surface area contributed by atoms with E-state index in [-0.39, 0.29) is 11.7 Å². The van der Waals surface area contributed by atoms with Gasteiger partial charge in [-0.15, -0.1) is 0 Å². The molecule has 1 atom stereocenters. The molecule has 1 aromatic carbocycles. The molecule has 0 saturated carbocycles. The number of nitrogens with zero attached hydrogens (tertiary/aromatic N) is 2. The monoisotopic (exact) mass is 302 g/mol. The Labute approximate surface area is 131 Å². The molecular weight excluding hydrogens is 279 g/mol. The largest absolute Gasteiger partial charge is 0.370 e. The zero-order valence-electron chi connectivity index (χ0n) is 12.9. The van der Waals surface area contributed by atoms with Crippen LogP contribution in [0.3, 0.4) is 0 Å². The number of benzene rings is 1. The summed E-state index contributed by atoms with van der Waals surface area (Å²) in [7, 11) is 0. The predicted octanol–water partition coefficient (Wildman–Crippen LogP) is 3.22. The van der Waals surface area contributed by atoms with Crippen LogP contribution in [0, 0.1) is 11.7 Å². The third-order valence-electron chi connectivity index (χ3n) is 4.62. The normalized spacial score (nSPS) is 22.5. The van der Waals surface area contributed by atoms with Gasteiger partial charge in [0.15, 0.2) is 0 Å². The Bertz CT molecular complexity index is 541. The quantitative estimate of drug-likeness (QED) is 0.783. The van der Waals surface area contributed by atoms with Gasteiger partial charge in [-0.3, -0.25) is 4.79 Å². The highest BCUT2D eigenvalue weighted by molar-refractivity contribution is 5.79. The fourth-order valence-corrected chi connectivity index (χ4v) is 3.32. The fraction of sp³-hybridized carbons (Fsp3) is 0.500. The highest BCUT2D eigenvalue weighted by Crippen LogP contribution is 2.22. The maximum absolute atomic E-state index is 13.0. The molecule has 118 valence electrons. The van der Waals surface area contributed by atoms with Crippen LogP contribution in [0.25, 0.3) is 0 Å². The first-order valence-electron chi connectivity index (χ1n) is 8.18. The molecule has 1 saturated heterocycles. The Hall–Kier alpha value is -1.84. The van der Waals surface area contributed by atoms with Crippen molar-refractivity contribution in [3.8, 4) is 0 Å². The van der Waals surface area contributed by atoms with Crippen molar-refractivity contribution in [1.82, 2.24) is 4.90 Å². The summed E-state index contributed by atoms with van der Waals surface area (Å²) in [4.78, 5) is 16.9. The van der Waals surface area contributed by atoms with E-state index in [4.69, 9.17) is 0 Å². The van der Waals surface area contributed by atoms with Crippen LogP contribution >= 0.6 is 0 Å². The molecule has 1 aromatic rings. The average molecular weight is 302 g/mol. The van der Waals surface area contributed by atoms with Gasteiger partial charge in [-0.05, 0) is 49.9 Å². The van der Waals surface area contributed by atoms with E-state index in [9.17, 15) is 9.18 Å². The number of hydrogen-bond donors (Lipinski definition) is 0. The second kappa shape index (κ2) is 6.95. The summed E-state index contributed by atoms with van der Waals surface area (Å²) in [6.07, 6.45) is 8.15. The first-order chi connectivity index (χ1) is 10.7. The van der Waals surface area contributed by atoms with Crippen LogP contribution in [-0.2, 0) is 4.79 Å². The fourth-order valence-electron chi connectivity index (χ4n) is 3.32. The second-order valence-electron chi connectivity index (χ2n) is 6.12. The van der Waals surface area contributed by atoms with Crippen molar-refractivity contribution in [3.63, 3.8) is 0 Å². The van der Waals surface area contributed by atoms with E-state index in [1.54, 1.807) is 0 Å². The van der Waals surface area contributed by atoms with E-state index in [1.165, 1.54) is 12.1 Å². The van der Waals surface area contributed by atoms with Crippen molar-refractivity contribution < 1.29 is 9.18 Å². The third-order valence-corrected chi connectivity index (χ3v) is 4.62. The minimum atomic E-state index is -0.208. The molecule has 4 heteroatoms. The first kappa shape index (κ1) is 15.1. The molecule has 3 nitrogen and oxygen atoms in total. The van der Waals surface area contributed by atoms with Gasteiger partial charge >= 0.3 is 0 Å². The number of rotatable bonds is 2. The molecule has 1 fully saturated rings. The van der Waals surface area contributed by atoms with Crippen molar-refractivity contribution in [2.24, 2.45) is 5.92 Å². The molecule has 0 radical (unpaired) electrons. The summed E-state index contributed by atoms with van der Waals surface area (Å²) in [5.74, 6) is 0.272. The number of carbonyl (C=O) groups excluding carboxylic acids is 1. The lowest BCUT2D eigenvalue weighted by atomic mass is 9.93. The maximum atomic E-state index is 13.0. The van der Waals surface area contributed by atoms with Crippen LogP contribution in [0.4, 0.5) is 10.1 Å². The van der Waals surface area contributed by atoms with Crippen molar-refractivity contribution >= 4 is 11.6 Å².